The Morgan fingerprint density at radius 3 is 3.11 bits per heavy atom. The van der Waals surface area contributed by atoms with Crippen LogP contribution in [-0.2, 0) is 14.2 Å². The second-order valence-corrected chi connectivity index (χ2v) is 6.11. The Balaban J connectivity index is 1.90. The van der Waals surface area contributed by atoms with Crippen LogP contribution in [0.1, 0.15) is 45.4 Å². The normalized spacial score (nSPS) is 41.6. The van der Waals surface area contributed by atoms with Gasteiger partial charge in [0.25, 0.3) is 0 Å². The molecule has 2 fully saturated rings. The molecule has 108 valence electrons. The quantitative estimate of drug-likeness (QED) is 0.731. The molecule has 3 rings (SSSR count). The second-order valence-electron chi connectivity index (χ2n) is 6.11. The molecule has 0 N–H and O–H groups in total. The van der Waals surface area contributed by atoms with E-state index in [4.69, 9.17) is 14.2 Å². The van der Waals surface area contributed by atoms with Crippen molar-refractivity contribution in [1.82, 2.24) is 0 Å². The number of hydrogen-bond donors (Lipinski definition) is 0. The fourth-order valence-electron chi connectivity index (χ4n) is 4.53. The number of hydrogen-bond acceptors (Lipinski definition) is 3. The Morgan fingerprint density at radius 1 is 1.42 bits per heavy atom. The Labute approximate surface area is 116 Å². The molecular formula is C16H26O3. The van der Waals surface area contributed by atoms with Crippen LogP contribution in [0.2, 0.25) is 0 Å². The van der Waals surface area contributed by atoms with E-state index in [1.165, 1.54) is 25.7 Å². The molecule has 0 bridgehead atoms. The Bertz CT molecular complexity index is 352. The van der Waals surface area contributed by atoms with Crippen molar-refractivity contribution in [2.75, 3.05) is 20.3 Å². The summed E-state index contributed by atoms with van der Waals surface area (Å²) in [5, 5.41) is 0. The van der Waals surface area contributed by atoms with Crippen molar-refractivity contribution in [2.24, 2.45) is 11.3 Å². The van der Waals surface area contributed by atoms with E-state index in [-0.39, 0.29) is 11.7 Å². The summed E-state index contributed by atoms with van der Waals surface area (Å²) in [6.07, 6.45) is 9.91. The Morgan fingerprint density at radius 2 is 2.32 bits per heavy atom. The van der Waals surface area contributed by atoms with Gasteiger partial charge in [0.1, 0.15) is 0 Å². The van der Waals surface area contributed by atoms with Crippen LogP contribution in [0.4, 0.5) is 0 Å². The summed E-state index contributed by atoms with van der Waals surface area (Å²) in [5.41, 5.74) is 1.76. The summed E-state index contributed by atoms with van der Waals surface area (Å²) >= 11 is 0. The summed E-state index contributed by atoms with van der Waals surface area (Å²) in [7, 11) is 1.82. The van der Waals surface area contributed by atoms with E-state index in [2.05, 4.69) is 6.08 Å². The number of ether oxygens (including phenoxy) is 3. The van der Waals surface area contributed by atoms with Crippen molar-refractivity contribution in [3.05, 3.63) is 11.6 Å². The molecular weight excluding hydrogens is 240 g/mol. The highest BCUT2D eigenvalue weighted by atomic mass is 16.7. The summed E-state index contributed by atoms with van der Waals surface area (Å²) < 4.78 is 17.7. The van der Waals surface area contributed by atoms with Crippen molar-refractivity contribution in [3.8, 4) is 0 Å². The molecule has 1 aliphatic heterocycles. The van der Waals surface area contributed by atoms with Gasteiger partial charge < -0.3 is 14.2 Å². The van der Waals surface area contributed by atoms with Crippen molar-refractivity contribution in [2.45, 2.75) is 57.8 Å². The maximum atomic E-state index is 6.28. The summed E-state index contributed by atoms with van der Waals surface area (Å²) in [6.45, 7) is 3.60. The van der Waals surface area contributed by atoms with Gasteiger partial charge in [0.05, 0.1) is 12.7 Å². The van der Waals surface area contributed by atoms with Gasteiger partial charge in [0, 0.05) is 25.6 Å². The lowest BCUT2D eigenvalue weighted by Crippen LogP contribution is -2.57. The van der Waals surface area contributed by atoms with E-state index < -0.39 is 0 Å². The van der Waals surface area contributed by atoms with Crippen LogP contribution >= 0.6 is 0 Å². The van der Waals surface area contributed by atoms with E-state index >= 15 is 0 Å². The average Bonchev–Trinajstić information content (AvgIpc) is 2.40. The van der Waals surface area contributed by atoms with Gasteiger partial charge in [-0.2, -0.15) is 0 Å². The first kappa shape index (κ1) is 13.6. The predicted octanol–water partition coefficient (Wildman–Crippen LogP) is 3.29. The lowest BCUT2D eigenvalue weighted by molar-refractivity contribution is -0.258. The molecule has 1 unspecified atom stereocenters. The molecule has 3 nitrogen and oxygen atoms in total. The van der Waals surface area contributed by atoms with E-state index in [9.17, 15) is 0 Å². The molecule has 0 aromatic rings. The van der Waals surface area contributed by atoms with Crippen LogP contribution in [0.25, 0.3) is 0 Å². The highest BCUT2D eigenvalue weighted by Gasteiger charge is 2.55. The molecule has 0 aromatic carbocycles. The molecule has 3 heteroatoms. The Kier molecular flexibility index (Phi) is 3.97. The third-order valence-corrected chi connectivity index (χ3v) is 5.25. The van der Waals surface area contributed by atoms with Gasteiger partial charge in [-0.3, -0.25) is 0 Å². The maximum absolute atomic E-state index is 6.28. The van der Waals surface area contributed by atoms with Crippen molar-refractivity contribution in [3.63, 3.8) is 0 Å². The van der Waals surface area contributed by atoms with Gasteiger partial charge in [-0.1, -0.05) is 11.6 Å². The van der Waals surface area contributed by atoms with Crippen LogP contribution in [0, 0.1) is 11.3 Å². The first-order valence-electron chi connectivity index (χ1n) is 7.76. The Hall–Kier alpha value is -0.380. The maximum Gasteiger partial charge on any atom is 0.158 e. The minimum Gasteiger partial charge on any atom is -0.384 e. The van der Waals surface area contributed by atoms with Gasteiger partial charge in [-0.05, 0) is 44.9 Å². The zero-order valence-electron chi connectivity index (χ0n) is 12.2. The fourth-order valence-corrected chi connectivity index (χ4v) is 4.53. The molecule has 0 spiro atoms. The summed E-state index contributed by atoms with van der Waals surface area (Å²) in [6, 6.07) is 0. The smallest absolute Gasteiger partial charge is 0.158 e. The molecule has 1 saturated carbocycles. The lowest BCUT2D eigenvalue weighted by atomic mass is 9.56. The van der Waals surface area contributed by atoms with Crippen molar-refractivity contribution < 1.29 is 14.2 Å². The number of methoxy groups -OCH3 is 1. The van der Waals surface area contributed by atoms with E-state index in [0.29, 0.717) is 12.0 Å². The van der Waals surface area contributed by atoms with Gasteiger partial charge in [0.2, 0.25) is 0 Å². The van der Waals surface area contributed by atoms with Crippen LogP contribution in [-0.4, -0.2) is 32.7 Å². The molecule has 19 heavy (non-hydrogen) atoms. The lowest BCUT2D eigenvalue weighted by Gasteiger charge is -2.56. The standard InChI is InChI=1S/C16H26O3/c1-3-18-15-10-13-8-4-6-12-7-5-9-14(19-15)16(12,13)11-17-2/h6,13-15H,3-5,7-11H2,1-2H3/t13-,14-,15?,16-/m1/s1. The monoisotopic (exact) mass is 266 g/mol. The molecule has 0 aromatic heterocycles. The van der Waals surface area contributed by atoms with Gasteiger partial charge >= 0.3 is 0 Å². The molecule has 4 atom stereocenters. The average molecular weight is 266 g/mol. The second kappa shape index (κ2) is 5.55. The number of allylic oxidation sites excluding steroid dienone is 1. The molecule has 1 saturated heterocycles. The fraction of sp³-hybridized carbons (Fsp3) is 0.875. The molecule has 0 amide bonds. The first-order valence-corrected chi connectivity index (χ1v) is 7.76. The van der Waals surface area contributed by atoms with Crippen molar-refractivity contribution in [1.29, 1.82) is 0 Å². The van der Waals surface area contributed by atoms with E-state index in [0.717, 1.165) is 26.1 Å². The third kappa shape index (κ3) is 2.16. The largest absolute Gasteiger partial charge is 0.384 e. The zero-order valence-corrected chi connectivity index (χ0v) is 12.2. The van der Waals surface area contributed by atoms with E-state index in [1.54, 1.807) is 5.57 Å². The van der Waals surface area contributed by atoms with Crippen LogP contribution in [0.5, 0.6) is 0 Å². The minimum atomic E-state index is 0.00225. The molecule has 2 aliphatic carbocycles. The van der Waals surface area contributed by atoms with Crippen LogP contribution < -0.4 is 0 Å². The highest BCUT2D eigenvalue weighted by molar-refractivity contribution is 5.26. The SMILES string of the molecule is CCOC1C[C@H]2CCC=C3CCC[C@@H](O1)[C@]32COC. The van der Waals surface area contributed by atoms with Crippen molar-refractivity contribution >= 4 is 0 Å². The molecule has 3 aliphatic rings. The predicted molar refractivity (Wildman–Crippen MR) is 73.9 cm³/mol. The van der Waals surface area contributed by atoms with Crippen LogP contribution in [0.3, 0.4) is 0 Å². The van der Waals surface area contributed by atoms with Crippen LogP contribution in [0.15, 0.2) is 11.6 Å². The van der Waals surface area contributed by atoms with Gasteiger partial charge in [-0.25, -0.2) is 0 Å². The number of rotatable bonds is 4. The zero-order chi connectivity index (χ0) is 13.3. The minimum absolute atomic E-state index is 0.00225. The summed E-state index contributed by atoms with van der Waals surface area (Å²) in [5.74, 6) is 0.669. The molecule has 0 radical (unpaired) electrons. The third-order valence-electron chi connectivity index (χ3n) is 5.25. The topological polar surface area (TPSA) is 27.7 Å². The van der Waals surface area contributed by atoms with Gasteiger partial charge in [-0.15, -0.1) is 0 Å². The summed E-state index contributed by atoms with van der Waals surface area (Å²) in [4.78, 5) is 0. The first-order chi connectivity index (χ1) is 9.31. The van der Waals surface area contributed by atoms with Gasteiger partial charge in [0.15, 0.2) is 6.29 Å². The molecule has 1 heterocycles. The highest BCUT2D eigenvalue weighted by Crippen LogP contribution is 2.56. The van der Waals surface area contributed by atoms with E-state index in [1.807, 2.05) is 14.0 Å².